The molecule has 0 saturated carbocycles. The monoisotopic (exact) mass is 308 g/mol. The first-order chi connectivity index (χ1) is 11.2. The molecule has 0 atom stereocenters. The van der Waals surface area contributed by atoms with E-state index in [1.165, 1.54) is 12.1 Å². The fraction of sp³-hybridized carbons (Fsp3) is 0. The maximum Gasteiger partial charge on any atom is 0.379 e. The molecule has 23 heavy (non-hydrogen) atoms. The van der Waals surface area contributed by atoms with Gasteiger partial charge in [0.25, 0.3) is 0 Å². The molecule has 0 aliphatic heterocycles. The van der Waals surface area contributed by atoms with Crippen molar-refractivity contribution < 1.29 is 23.5 Å². The first-order valence-corrected chi connectivity index (χ1v) is 6.87. The molecular formula is C18H12O5. The van der Waals surface area contributed by atoms with Gasteiger partial charge in [-0.05, 0) is 36.4 Å². The lowest BCUT2D eigenvalue weighted by Gasteiger charge is -2.02. The van der Waals surface area contributed by atoms with E-state index in [1.807, 2.05) is 12.1 Å². The zero-order valence-electron chi connectivity index (χ0n) is 12.0. The molecule has 114 valence electrons. The predicted molar refractivity (Wildman–Crippen MR) is 81.5 cm³/mol. The highest BCUT2D eigenvalue weighted by molar-refractivity contribution is 5.92. The Bertz CT molecular complexity index is 738. The maximum atomic E-state index is 11.9. The number of hydrogen-bond donors (Lipinski definition) is 0. The number of hydrogen-bond acceptors (Lipinski definition) is 5. The van der Waals surface area contributed by atoms with Gasteiger partial charge in [-0.3, -0.25) is 0 Å². The van der Waals surface area contributed by atoms with Gasteiger partial charge in [-0.1, -0.05) is 36.4 Å². The molecule has 3 aromatic rings. The van der Waals surface area contributed by atoms with Crippen LogP contribution in [0.15, 0.2) is 77.2 Å². The van der Waals surface area contributed by atoms with Gasteiger partial charge in [-0.25, -0.2) is 9.59 Å². The highest BCUT2D eigenvalue weighted by Gasteiger charge is 2.18. The van der Waals surface area contributed by atoms with Gasteiger partial charge in [0.1, 0.15) is 11.5 Å². The van der Waals surface area contributed by atoms with Crippen molar-refractivity contribution in [3.63, 3.8) is 0 Å². The topological polar surface area (TPSA) is 65.7 Å². The molecule has 1 aromatic heterocycles. The summed E-state index contributed by atoms with van der Waals surface area (Å²) in [6, 6.07) is 19.9. The van der Waals surface area contributed by atoms with Crippen LogP contribution in [0.1, 0.15) is 21.1 Å². The number of carbonyl (C=O) groups excluding carboxylic acids is 2. The van der Waals surface area contributed by atoms with Crippen molar-refractivity contribution in [3.8, 4) is 11.5 Å². The summed E-state index contributed by atoms with van der Waals surface area (Å²) in [4.78, 5) is 23.9. The van der Waals surface area contributed by atoms with Crippen molar-refractivity contribution >= 4 is 11.9 Å². The van der Waals surface area contributed by atoms with E-state index < -0.39 is 11.9 Å². The standard InChI is InChI=1S/C18H12O5/c19-17(21-13-7-3-1-4-8-13)15-11-12-16(23-15)18(20)22-14-9-5-2-6-10-14/h1-12H. The molecule has 3 rings (SSSR count). The Labute approximate surface area is 132 Å². The summed E-state index contributed by atoms with van der Waals surface area (Å²) >= 11 is 0. The fourth-order valence-electron chi connectivity index (χ4n) is 1.85. The fourth-order valence-corrected chi connectivity index (χ4v) is 1.85. The van der Waals surface area contributed by atoms with Crippen molar-refractivity contribution in [3.05, 3.63) is 84.3 Å². The van der Waals surface area contributed by atoms with Gasteiger partial charge in [0.2, 0.25) is 11.5 Å². The van der Waals surface area contributed by atoms with E-state index in [9.17, 15) is 9.59 Å². The van der Waals surface area contributed by atoms with Gasteiger partial charge >= 0.3 is 11.9 Å². The Morgan fingerprint density at radius 1 is 0.609 bits per heavy atom. The smallest absolute Gasteiger partial charge is 0.379 e. The SMILES string of the molecule is O=C(Oc1ccccc1)c1ccc(C(=O)Oc2ccccc2)o1. The van der Waals surface area contributed by atoms with Gasteiger partial charge in [0.05, 0.1) is 0 Å². The van der Waals surface area contributed by atoms with Gasteiger partial charge in [-0.2, -0.15) is 0 Å². The van der Waals surface area contributed by atoms with E-state index >= 15 is 0 Å². The highest BCUT2D eigenvalue weighted by atomic mass is 16.6. The highest BCUT2D eigenvalue weighted by Crippen LogP contribution is 2.16. The van der Waals surface area contributed by atoms with E-state index in [-0.39, 0.29) is 11.5 Å². The summed E-state index contributed by atoms with van der Waals surface area (Å²) in [6.07, 6.45) is 0. The number of para-hydroxylation sites is 2. The minimum Gasteiger partial charge on any atom is -0.442 e. The second-order valence-corrected chi connectivity index (χ2v) is 4.57. The molecule has 0 fully saturated rings. The Balaban J connectivity index is 1.68. The normalized spacial score (nSPS) is 10.1. The molecule has 0 radical (unpaired) electrons. The van der Waals surface area contributed by atoms with Crippen LogP contribution in [0.25, 0.3) is 0 Å². The van der Waals surface area contributed by atoms with Crippen molar-refractivity contribution in [1.29, 1.82) is 0 Å². The molecule has 0 bridgehead atoms. The average Bonchev–Trinajstić information content (AvgIpc) is 3.07. The zero-order valence-corrected chi connectivity index (χ0v) is 12.0. The van der Waals surface area contributed by atoms with E-state index in [1.54, 1.807) is 48.5 Å². The van der Waals surface area contributed by atoms with Crippen LogP contribution in [-0.4, -0.2) is 11.9 Å². The molecule has 1 heterocycles. The lowest BCUT2D eigenvalue weighted by Crippen LogP contribution is -2.09. The molecule has 0 unspecified atom stereocenters. The first-order valence-electron chi connectivity index (χ1n) is 6.87. The maximum absolute atomic E-state index is 11.9. The van der Waals surface area contributed by atoms with Crippen molar-refractivity contribution in [2.75, 3.05) is 0 Å². The summed E-state index contributed by atoms with van der Waals surface area (Å²) in [5.41, 5.74) is 0. The minimum atomic E-state index is -0.685. The molecule has 5 heteroatoms. The summed E-state index contributed by atoms with van der Waals surface area (Å²) in [7, 11) is 0. The second-order valence-electron chi connectivity index (χ2n) is 4.57. The Morgan fingerprint density at radius 2 is 1.00 bits per heavy atom. The van der Waals surface area contributed by atoms with Gasteiger partial charge < -0.3 is 13.9 Å². The minimum absolute atomic E-state index is 0.0751. The zero-order chi connectivity index (χ0) is 16.1. The molecule has 0 saturated heterocycles. The third-order valence-corrected chi connectivity index (χ3v) is 2.92. The van der Waals surface area contributed by atoms with Crippen LogP contribution in [0.5, 0.6) is 11.5 Å². The molecule has 2 aromatic carbocycles. The summed E-state index contributed by atoms with van der Waals surface area (Å²) in [5.74, 6) is -0.739. The number of carbonyl (C=O) groups is 2. The van der Waals surface area contributed by atoms with Crippen LogP contribution >= 0.6 is 0 Å². The van der Waals surface area contributed by atoms with E-state index in [0.29, 0.717) is 11.5 Å². The van der Waals surface area contributed by atoms with E-state index in [4.69, 9.17) is 13.9 Å². The number of benzene rings is 2. The molecule has 0 aliphatic rings. The number of ether oxygens (including phenoxy) is 2. The van der Waals surface area contributed by atoms with Gasteiger partial charge in [0, 0.05) is 0 Å². The van der Waals surface area contributed by atoms with Crippen LogP contribution in [-0.2, 0) is 0 Å². The van der Waals surface area contributed by atoms with Crippen LogP contribution in [0.3, 0.4) is 0 Å². The van der Waals surface area contributed by atoms with E-state index in [0.717, 1.165) is 0 Å². The van der Waals surface area contributed by atoms with Crippen LogP contribution < -0.4 is 9.47 Å². The van der Waals surface area contributed by atoms with E-state index in [2.05, 4.69) is 0 Å². The van der Waals surface area contributed by atoms with Crippen LogP contribution in [0.4, 0.5) is 0 Å². The summed E-state index contributed by atoms with van der Waals surface area (Å²) < 4.78 is 15.5. The van der Waals surface area contributed by atoms with Crippen LogP contribution in [0.2, 0.25) is 0 Å². The van der Waals surface area contributed by atoms with Crippen molar-refractivity contribution in [2.45, 2.75) is 0 Å². The average molecular weight is 308 g/mol. The Morgan fingerprint density at radius 3 is 1.39 bits per heavy atom. The first kappa shape index (κ1) is 14.6. The van der Waals surface area contributed by atoms with Crippen LogP contribution in [0, 0.1) is 0 Å². The predicted octanol–water partition coefficient (Wildman–Crippen LogP) is 3.72. The molecule has 5 nitrogen and oxygen atoms in total. The lowest BCUT2D eigenvalue weighted by molar-refractivity contribution is 0.0671. The third kappa shape index (κ3) is 3.65. The Hall–Kier alpha value is -3.34. The molecule has 0 spiro atoms. The van der Waals surface area contributed by atoms with Gasteiger partial charge in [0.15, 0.2) is 0 Å². The number of furan rings is 1. The summed E-state index contributed by atoms with van der Waals surface area (Å²) in [6.45, 7) is 0. The number of esters is 2. The molecule has 0 amide bonds. The second kappa shape index (κ2) is 6.62. The molecular weight excluding hydrogens is 296 g/mol. The van der Waals surface area contributed by atoms with Crippen molar-refractivity contribution in [1.82, 2.24) is 0 Å². The largest absolute Gasteiger partial charge is 0.442 e. The quantitative estimate of drug-likeness (QED) is 0.543. The lowest BCUT2D eigenvalue weighted by atomic mass is 10.3. The van der Waals surface area contributed by atoms with Gasteiger partial charge in [-0.15, -0.1) is 0 Å². The number of rotatable bonds is 4. The Kier molecular flexibility index (Phi) is 4.20. The third-order valence-electron chi connectivity index (χ3n) is 2.92. The summed E-state index contributed by atoms with van der Waals surface area (Å²) in [5, 5.41) is 0. The molecule has 0 N–H and O–H groups in total. The van der Waals surface area contributed by atoms with Crippen molar-refractivity contribution in [2.24, 2.45) is 0 Å². The molecule has 0 aliphatic carbocycles.